The molecule has 6 heteroatoms. The lowest BCUT2D eigenvalue weighted by Gasteiger charge is -2.14. The smallest absolute Gasteiger partial charge is 0.320 e. The fraction of sp³-hybridized carbons (Fsp3) is 0.375. The zero-order chi connectivity index (χ0) is 16.1. The molecule has 0 bridgehead atoms. The molecular weight excluding hydrogens is 280 g/mol. The third-order valence-electron chi connectivity index (χ3n) is 3.59. The molecule has 0 aliphatic carbocycles. The van der Waals surface area contributed by atoms with Crippen LogP contribution in [0, 0.1) is 6.92 Å². The number of anilines is 1. The van der Waals surface area contributed by atoms with Gasteiger partial charge < -0.3 is 10.4 Å². The number of benzene rings is 1. The topological polar surface area (TPSA) is 79.2 Å². The van der Waals surface area contributed by atoms with Gasteiger partial charge in [-0.25, -0.2) is 4.79 Å². The molecule has 0 saturated heterocycles. The minimum Gasteiger partial charge on any atom is -0.394 e. The highest BCUT2D eigenvalue weighted by Gasteiger charge is 2.13. The molecule has 0 spiro atoms. The minimum absolute atomic E-state index is 0.0796. The summed E-state index contributed by atoms with van der Waals surface area (Å²) in [5.41, 5.74) is 2.97. The van der Waals surface area contributed by atoms with E-state index in [9.17, 15) is 4.79 Å². The van der Waals surface area contributed by atoms with E-state index in [1.165, 1.54) is 0 Å². The lowest BCUT2D eigenvalue weighted by Crippen LogP contribution is -2.40. The molecule has 0 aliphatic rings. The second kappa shape index (κ2) is 7.09. The van der Waals surface area contributed by atoms with Crippen LogP contribution in [-0.2, 0) is 7.05 Å². The van der Waals surface area contributed by atoms with Gasteiger partial charge in [0.05, 0.1) is 18.3 Å². The molecule has 0 radical (unpaired) electrons. The summed E-state index contributed by atoms with van der Waals surface area (Å²) in [5.74, 6) is 0.601. The Balaban J connectivity index is 2.14. The average molecular weight is 302 g/mol. The Hall–Kier alpha value is -2.34. The fourth-order valence-corrected chi connectivity index (χ4v) is 2.19. The van der Waals surface area contributed by atoms with Gasteiger partial charge in [-0.15, -0.1) is 0 Å². The summed E-state index contributed by atoms with van der Waals surface area (Å²) in [6, 6.07) is 9.21. The normalized spacial score (nSPS) is 12.0. The van der Waals surface area contributed by atoms with Gasteiger partial charge >= 0.3 is 6.03 Å². The number of carbonyl (C=O) groups excluding carboxylic acids is 1. The number of hydrogen-bond acceptors (Lipinski definition) is 3. The molecule has 1 aromatic heterocycles. The van der Waals surface area contributed by atoms with Crippen molar-refractivity contribution in [1.29, 1.82) is 0 Å². The van der Waals surface area contributed by atoms with E-state index in [2.05, 4.69) is 15.7 Å². The van der Waals surface area contributed by atoms with Crippen molar-refractivity contribution in [3.63, 3.8) is 0 Å². The van der Waals surface area contributed by atoms with E-state index in [1.54, 1.807) is 11.7 Å². The van der Waals surface area contributed by atoms with Crippen LogP contribution >= 0.6 is 0 Å². The molecule has 0 aliphatic heterocycles. The van der Waals surface area contributed by atoms with Crippen molar-refractivity contribution in [3.8, 4) is 11.3 Å². The van der Waals surface area contributed by atoms with Crippen molar-refractivity contribution in [3.05, 3.63) is 35.9 Å². The first-order valence-corrected chi connectivity index (χ1v) is 7.33. The molecule has 1 heterocycles. The predicted octanol–water partition coefficient (Wildman–Crippen LogP) is 2.29. The largest absolute Gasteiger partial charge is 0.394 e. The highest BCUT2D eigenvalue weighted by Crippen LogP contribution is 2.24. The lowest BCUT2D eigenvalue weighted by molar-refractivity contribution is 0.222. The standard InChI is InChI=1S/C16H22N4O2/c1-4-12(10-21)17-16(22)18-15-9-14(19-20(15)3)13-8-6-5-7-11(13)2/h5-9,12,21H,4,10H2,1-3H3,(H2,17,18,22)/t12-/m1/s1. The van der Waals surface area contributed by atoms with Crippen LogP contribution in [0.15, 0.2) is 30.3 Å². The lowest BCUT2D eigenvalue weighted by atomic mass is 10.1. The Labute approximate surface area is 130 Å². The van der Waals surface area contributed by atoms with Gasteiger partial charge in [0.15, 0.2) is 0 Å². The molecule has 22 heavy (non-hydrogen) atoms. The molecule has 0 unspecified atom stereocenters. The number of carbonyl (C=O) groups is 1. The van der Waals surface area contributed by atoms with Crippen molar-refractivity contribution in [1.82, 2.24) is 15.1 Å². The van der Waals surface area contributed by atoms with Gasteiger partial charge in [0, 0.05) is 18.7 Å². The Morgan fingerprint density at radius 2 is 2.14 bits per heavy atom. The summed E-state index contributed by atoms with van der Waals surface area (Å²) in [6.45, 7) is 3.85. The number of aryl methyl sites for hydroxylation is 2. The number of nitrogens with zero attached hydrogens (tertiary/aromatic N) is 2. The summed E-state index contributed by atoms with van der Waals surface area (Å²) < 4.78 is 1.63. The van der Waals surface area contributed by atoms with Crippen molar-refractivity contribution in [2.45, 2.75) is 26.3 Å². The van der Waals surface area contributed by atoms with Crippen molar-refractivity contribution in [2.24, 2.45) is 7.05 Å². The molecule has 0 saturated carbocycles. The summed E-state index contributed by atoms with van der Waals surface area (Å²) >= 11 is 0. The van der Waals surface area contributed by atoms with Crippen LogP contribution in [0.4, 0.5) is 10.6 Å². The Morgan fingerprint density at radius 3 is 2.77 bits per heavy atom. The maximum atomic E-state index is 11.9. The molecule has 118 valence electrons. The van der Waals surface area contributed by atoms with Crippen LogP contribution in [0.1, 0.15) is 18.9 Å². The zero-order valence-corrected chi connectivity index (χ0v) is 13.1. The number of hydrogen-bond donors (Lipinski definition) is 3. The molecular formula is C16H22N4O2. The molecule has 2 aromatic rings. The van der Waals surface area contributed by atoms with E-state index in [-0.39, 0.29) is 18.7 Å². The number of urea groups is 1. The minimum atomic E-state index is -0.347. The average Bonchev–Trinajstić information content (AvgIpc) is 2.86. The van der Waals surface area contributed by atoms with Gasteiger partial charge in [0.25, 0.3) is 0 Å². The summed E-state index contributed by atoms with van der Waals surface area (Å²) in [6.07, 6.45) is 0.670. The first-order chi connectivity index (χ1) is 10.5. The van der Waals surface area contributed by atoms with Crippen LogP contribution in [0.25, 0.3) is 11.3 Å². The van der Waals surface area contributed by atoms with Gasteiger partial charge in [-0.1, -0.05) is 31.2 Å². The van der Waals surface area contributed by atoms with Gasteiger partial charge in [-0.3, -0.25) is 10.00 Å². The highest BCUT2D eigenvalue weighted by molar-refractivity contribution is 5.89. The third kappa shape index (κ3) is 3.65. The molecule has 3 N–H and O–H groups in total. The molecule has 6 nitrogen and oxygen atoms in total. The van der Waals surface area contributed by atoms with Crippen molar-refractivity contribution >= 4 is 11.8 Å². The Morgan fingerprint density at radius 1 is 1.41 bits per heavy atom. The highest BCUT2D eigenvalue weighted by atomic mass is 16.3. The van der Waals surface area contributed by atoms with Crippen LogP contribution in [0.3, 0.4) is 0 Å². The van der Waals surface area contributed by atoms with Crippen LogP contribution in [-0.4, -0.2) is 33.6 Å². The number of aliphatic hydroxyl groups excluding tert-OH is 1. The van der Waals surface area contributed by atoms with Crippen LogP contribution in [0.5, 0.6) is 0 Å². The fourth-order valence-electron chi connectivity index (χ4n) is 2.19. The van der Waals surface area contributed by atoms with Gasteiger partial charge in [-0.2, -0.15) is 5.10 Å². The number of aromatic nitrogens is 2. The summed E-state index contributed by atoms with van der Waals surface area (Å²) in [4.78, 5) is 11.9. The van der Waals surface area contributed by atoms with Gasteiger partial charge in [0.1, 0.15) is 5.82 Å². The van der Waals surface area contributed by atoms with Gasteiger partial charge in [-0.05, 0) is 18.9 Å². The predicted molar refractivity (Wildman–Crippen MR) is 86.7 cm³/mol. The van der Waals surface area contributed by atoms with E-state index in [1.807, 2.05) is 44.2 Å². The van der Waals surface area contributed by atoms with Crippen LogP contribution in [0.2, 0.25) is 0 Å². The third-order valence-corrected chi connectivity index (χ3v) is 3.59. The molecule has 2 amide bonds. The second-order valence-corrected chi connectivity index (χ2v) is 5.24. The number of rotatable bonds is 5. The number of amides is 2. The van der Waals surface area contributed by atoms with Crippen molar-refractivity contribution in [2.75, 3.05) is 11.9 Å². The monoisotopic (exact) mass is 302 g/mol. The summed E-state index contributed by atoms with van der Waals surface area (Å²) in [5, 5.41) is 19.0. The van der Waals surface area contributed by atoms with E-state index >= 15 is 0 Å². The zero-order valence-electron chi connectivity index (χ0n) is 13.1. The SMILES string of the molecule is CC[C@H](CO)NC(=O)Nc1cc(-c2ccccc2C)nn1C. The van der Waals surface area contributed by atoms with E-state index < -0.39 is 0 Å². The van der Waals surface area contributed by atoms with Gasteiger partial charge in [0.2, 0.25) is 0 Å². The van der Waals surface area contributed by atoms with E-state index in [0.29, 0.717) is 12.2 Å². The maximum Gasteiger partial charge on any atom is 0.320 e. The van der Waals surface area contributed by atoms with E-state index in [4.69, 9.17) is 5.11 Å². The van der Waals surface area contributed by atoms with Crippen LogP contribution < -0.4 is 10.6 Å². The summed E-state index contributed by atoms with van der Waals surface area (Å²) in [7, 11) is 1.78. The maximum absolute atomic E-state index is 11.9. The second-order valence-electron chi connectivity index (χ2n) is 5.24. The molecule has 2 rings (SSSR count). The quantitative estimate of drug-likeness (QED) is 0.793. The molecule has 0 fully saturated rings. The molecule has 1 atom stereocenters. The Kier molecular flexibility index (Phi) is 5.16. The Bertz CT molecular complexity index is 647. The number of aliphatic hydroxyl groups is 1. The first-order valence-electron chi connectivity index (χ1n) is 7.33. The van der Waals surface area contributed by atoms with E-state index in [0.717, 1.165) is 16.8 Å². The van der Waals surface area contributed by atoms with Crippen molar-refractivity contribution < 1.29 is 9.90 Å². The molecule has 1 aromatic carbocycles. The number of nitrogens with one attached hydrogen (secondary N) is 2. The first kappa shape index (κ1) is 16.0.